The maximum absolute atomic E-state index is 13.3. The first-order valence-electron chi connectivity index (χ1n) is 9.44. The highest BCUT2D eigenvalue weighted by Crippen LogP contribution is 2.18. The predicted octanol–water partition coefficient (Wildman–Crippen LogP) is 2.28. The van der Waals surface area contributed by atoms with Crippen molar-refractivity contribution in [1.82, 2.24) is 19.9 Å². The molecule has 1 saturated heterocycles. The lowest BCUT2D eigenvalue weighted by Crippen LogP contribution is -2.46. The normalized spacial score (nSPS) is 15.1. The predicted molar refractivity (Wildman–Crippen MR) is 105 cm³/mol. The van der Waals surface area contributed by atoms with Crippen molar-refractivity contribution >= 4 is 22.6 Å². The SMILES string of the molecule is CCn1ccnc(N2CCC(NC(=O)c3cc4cc(F)ccc4[nH]3)CC2)c1=O. The summed E-state index contributed by atoms with van der Waals surface area (Å²) in [6.45, 7) is 3.83. The largest absolute Gasteiger partial charge is 0.352 e. The van der Waals surface area contributed by atoms with Crippen molar-refractivity contribution in [1.29, 1.82) is 0 Å². The molecule has 28 heavy (non-hydrogen) atoms. The minimum absolute atomic E-state index is 0.0176. The summed E-state index contributed by atoms with van der Waals surface area (Å²) in [7, 11) is 0. The number of aromatic nitrogens is 3. The lowest BCUT2D eigenvalue weighted by atomic mass is 10.0. The molecular weight excluding hydrogens is 361 g/mol. The maximum Gasteiger partial charge on any atom is 0.293 e. The smallest absolute Gasteiger partial charge is 0.293 e. The molecule has 4 rings (SSSR count). The molecule has 1 aromatic carbocycles. The molecule has 0 spiro atoms. The Kier molecular flexibility index (Phi) is 4.85. The minimum atomic E-state index is -0.331. The number of anilines is 1. The summed E-state index contributed by atoms with van der Waals surface area (Å²) in [5, 5.41) is 3.69. The maximum atomic E-state index is 13.3. The van der Waals surface area contributed by atoms with Gasteiger partial charge in [-0.05, 0) is 44.0 Å². The van der Waals surface area contributed by atoms with E-state index < -0.39 is 0 Å². The molecule has 0 saturated carbocycles. The molecular formula is C20H22FN5O2. The van der Waals surface area contributed by atoms with Crippen molar-refractivity contribution in [2.75, 3.05) is 18.0 Å². The standard InChI is InChI=1S/C20H22FN5O2/c1-2-25-10-7-22-18(20(25)28)26-8-5-15(6-9-26)23-19(27)17-12-13-11-14(21)3-4-16(13)24-17/h3-4,7,10-12,15,24H,2,5-6,8-9H2,1H3,(H,23,27). The van der Waals surface area contributed by atoms with E-state index in [0.717, 1.165) is 18.4 Å². The molecule has 0 radical (unpaired) electrons. The summed E-state index contributed by atoms with van der Waals surface area (Å²) in [5.74, 6) is -0.0736. The van der Waals surface area contributed by atoms with Crippen molar-refractivity contribution in [2.24, 2.45) is 0 Å². The van der Waals surface area contributed by atoms with Gasteiger partial charge in [0, 0.05) is 49.0 Å². The number of aryl methyl sites for hydroxylation is 1. The monoisotopic (exact) mass is 383 g/mol. The molecule has 2 N–H and O–H groups in total. The van der Waals surface area contributed by atoms with Gasteiger partial charge in [0.15, 0.2) is 5.82 Å². The molecule has 0 bridgehead atoms. The highest BCUT2D eigenvalue weighted by Gasteiger charge is 2.24. The summed E-state index contributed by atoms with van der Waals surface area (Å²) in [6, 6.07) is 6.06. The number of nitrogens with one attached hydrogen (secondary N) is 2. The van der Waals surface area contributed by atoms with Gasteiger partial charge in [-0.15, -0.1) is 0 Å². The number of hydrogen-bond donors (Lipinski definition) is 2. The van der Waals surface area contributed by atoms with E-state index in [1.165, 1.54) is 12.1 Å². The second-order valence-electron chi connectivity index (χ2n) is 6.99. The Bertz CT molecular complexity index is 1070. The third-order valence-corrected chi connectivity index (χ3v) is 5.19. The van der Waals surface area contributed by atoms with Gasteiger partial charge in [0.05, 0.1) is 0 Å². The van der Waals surface area contributed by atoms with Crippen LogP contribution >= 0.6 is 0 Å². The van der Waals surface area contributed by atoms with Crippen LogP contribution < -0.4 is 15.8 Å². The van der Waals surface area contributed by atoms with Crippen LogP contribution in [0.5, 0.6) is 0 Å². The van der Waals surface area contributed by atoms with Crippen LogP contribution in [0.1, 0.15) is 30.3 Å². The van der Waals surface area contributed by atoms with Gasteiger partial charge in [-0.25, -0.2) is 9.37 Å². The topological polar surface area (TPSA) is 83.0 Å². The van der Waals surface area contributed by atoms with Crippen LogP contribution in [0.3, 0.4) is 0 Å². The average molecular weight is 383 g/mol. The van der Waals surface area contributed by atoms with E-state index in [1.807, 2.05) is 11.8 Å². The molecule has 2 aromatic heterocycles. The Morgan fingerprint density at radius 3 is 2.86 bits per heavy atom. The van der Waals surface area contributed by atoms with Crippen LogP contribution in [0, 0.1) is 5.82 Å². The zero-order chi connectivity index (χ0) is 19.7. The number of H-pyrrole nitrogens is 1. The first-order chi connectivity index (χ1) is 13.5. The first-order valence-corrected chi connectivity index (χ1v) is 9.44. The zero-order valence-corrected chi connectivity index (χ0v) is 15.6. The summed E-state index contributed by atoms with van der Waals surface area (Å²) < 4.78 is 15.0. The third kappa shape index (κ3) is 3.49. The molecule has 1 amide bonds. The fraction of sp³-hybridized carbons (Fsp3) is 0.350. The van der Waals surface area contributed by atoms with Gasteiger partial charge in [-0.1, -0.05) is 0 Å². The average Bonchev–Trinajstić information content (AvgIpc) is 3.12. The van der Waals surface area contributed by atoms with Gasteiger partial charge in [0.2, 0.25) is 0 Å². The van der Waals surface area contributed by atoms with Gasteiger partial charge in [-0.2, -0.15) is 0 Å². The minimum Gasteiger partial charge on any atom is -0.352 e. The molecule has 146 valence electrons. The van der Waals surface area contributed by atoms with E-state index in [2.05, 4.69) is 15.3 Å². The van der Waals surface area contributed by atoms with Crippen LogP contribution in [0.4, 0.5) is 10.2 Å². The van der Waals surface area contributed by atoms with E-state index in [9.17, 15) is 14.0 Å². The number of halogens is 1. The van der Waals surface area contributed by atoms with Crippen molar-refractivity contribution in [3.8, 4) is 0 Å². The fourth-order valence-corrected chi connectivity index (χ4v) is 3.63. The number of hydrogen-bond acceptors (Lipinski definition) is 4. The van der Waals surface area contributed by atoms with E-state index in [-0.39, 0.29) is 23.3 Å². The van der Waals surface area contributed by atoms with Crippen LogP contribution in [0.25, 0.3) is 10.9 Å². The number of fused-ring (bicyclic) bond motifs is 1. The Hall–Kier alpha value is -3.16. The van der Waals surface area contributed by atoms with Crippen molar-refractivity contribution in [3.63, 3.8) is 0 Å². The van der Waals surface area contributed by atoms with E-state index in [0.29, 0.717) is 36.5 Å². The van der Waals surface area contributed by atoms with Crippen LogP contribution in [0.2, 0.25) is 0 Å². The number of carbonyl (C=O) groups is 1. The number of benzene rings is 1. The summed E-state index contributed by atoms with van der Waals surface area (Å²) >= 11 is 0. The van der Waals surface area contributed by atoms with Gasteiger partial charge in [-0.3, -0.25) is 9.59 Å². The lowest BCUT2D eigenvalue weighted by molar-refractivity contribution is 0.0927. The third-order valence-electron chi connectivity index (χ3n) is 5.19. The number of nitrogens with zero attached hydrogens (tertiary/aromatic N) is 3. The molecule has 3 heterocycles. The number of carbonyl (C=O) groups excluding carboxylic acids is 1. The van der Waals surface area contributed by atoms with E-state index in [4.69, 9.17) is 0 Å². The van der Waals surface area contributed by atoms with Gasteiger partial charge in [0.25, 0.3) is 11.5 Å². The number of aromatic amines is 1. The van der Waals surface area contributed by atoms with Crippen LogP contribution in [-0.2, 0) is 6.54 Å². The molecule has 1 fully saturated rings. The highest BCUT2D eigenvalue weighted by molar-refractivity contribution is 5.98. The zero-order valence-electron chi connectivity index (χ0n) is 15.6. The van der Waals surface area contributed by atoms with E-state index >= 15 is 0 Å². The highest BCUT2D eigenvalue weighted by atomic mass is 19.1. The van der Waals surface area contributed by atoms with E-state index in [1.54, 1.807) is 29.1 Å². The molecule has 1 aliphatic rings. The van der Waals surface area contributed by atoms with Crippen molar-refractivity contribution in [3.05, 3.63) is 58.5 Å². The molecule has 8 heteroatoms. The first kappa shape index (κ1) is 18.2. The van der Waals surface area contributed by atoms with Gasteiger partial charge >= 0.3 is 0 Å². The Morgan fingerprint density at radius 2 is 2.11 bits per heavy atom. The fourth-order valence-electron chi connectivity index (χ4n) is 3.63. The van der Waals surface area contributed by atoms with Crippen LogP contribution in [-0.4, -0.2) is 39.6 Å². The summed E-state index contributed by atoms with van der Waals surface area (Å²) in [5.41, 5.74) is 1.06. The molecule has 0 aliphatic carbocycles. The Labute approximate surface area is 161 Å². The quantitative estimate of drug-likeness (QED) is 0.724. The lowest BCUT2D eigenvalue weighted by Gasteiger charge is -2.32. The molecule has 0 atom stereocenters. The molecule has 7 nitrogen and oxygen atoms in total. The second kappa shape index (κ2) is 7.46. The van der Waals surface area contributed by atoms with Crippen molar-refractivity contribution < 1.29 is 9.18 Å². The summed E-state index contributed by atoms with van der Waals surface area (Å²) in [6.07, 6.45) is 4.78. The summed E-state index contributed by atoms with van der Waals surface area (Å²) in [4.78, 5) is 34.2. The van der Waals surface area contributed by atoms with Gasteiger partial charge in [0.1, 0.15) is 11.5 Å². The Balaban J connectivity index is 1.40. The number of amides is 1. The van der Waals surface area contributed by atoms with Crippen molar-refractivity contribution in [2.45, 2.75) is 32.4 Å². The molecule has 1 aliphatic heterocycles. The second-order valence-corrected chi connectivity index (χ2v) is 6.99. The number of piperidine rings is 1. The molecule has 0 unspecified atom stereocenters. The molecule has 3 aromatic rings. The van der Waals surface area contributed by atoms with Crippen LogP contribution in [0.15, 0.2) is 41.5 Å². The van der Waals surface area contributed by atoms with Gasteiger partial charge < -0.3 is 19.8 Å². The number of rotatable bonds is 4. The Morgan fingerprint density at radius 1 is 1.32 bits per heavy atom.